The van der Waals surface area contributed by atoms with Gasteiger partial charge in [0.1, 0.15) is 0 Å². The summed E-state index contributed by atoms with van der Waals surface area (Å²) < 4.78 is 0. The first-order valence-corrected chi connectivity index (χ1v) is 5.83. The Kier molecular flexibility index (Phi) is 8.52. The molecule has 0 spiro atoms. The third-order valence-electron chi connectivity index (χ3n) is 2.13. The maximum Gasteiger partial charge on any atom is 0.234 e. The quantitative estimate of drug-likeness (QED) is 0.614. The topological polar surface area (TPSA) is 61.4 Å². The maximum atomic E-state index is 11.5. The van der Waals surface area contributed by atoms with Gasteiger partial charge in [0.25, 0.3) is 0 Å². The van der Waals surface area contributed by atoms with Gasteiger partial charge in [0.05, 0.1) is 13.1 Å². The normalized spacial score (nSPS) is 10.2. The van der Waals surface area contributed by atoms with E-state index in [4.69, 9.17) is 0 Å². The third kappa shape index (κ3) is 7.23. The van der Waals surface area contributed by atoms with Crippen molar-refractivity contribution in [3.05, 3.63) is 0 Å². The highest BCUT2D eigenvalue weighted by atomic mass is 16.2. The van der Waals surface area contributed by atoms with Crippen LogP contribution in [0.2, 0.25) is 0 Å². The number of hydrogen-bond donors (Lipinski definition) is 2. The van der Waals surface area contributed by atoms with Crippen LogP contribution in [0.4, 0.5) is 0 Å². The molecule has 0 aromatic heterocycles. The van der Waals surface area contributed by atoms with Gasteiger partial charge in [-0.25, -0.2) is 0 Å². The smallest absolute Gasteiger partial charge is 0.234 e. The Morgan fingerprint density at radius 3 is 2.19 bits per heavy atom. The molecule has 0 aromatic carbocycles. The van der Waals surface area contributed by atoms with Crippen molar-refractivity contribution >= 4 is 11.8 Å². The van der Waals surface area contributed by atoms with E-state index in [9.17, 15) is 9.59 Å². The molecule has 0 saturated heterocycles. The summed E-state index contributed by atoms with van der Waals surface area (Å²) in [5.74, 6) is -0.0732. The molecule has 94 valence electrons. The highest BCUT2D eigenvalue weighted by Gasteiger charge is 2.12. The van der Waals surface area contributed by atoms with Gasteiger partial charge in [-0.3, -0.25) is 14.5 Å². The van der Waals surface area contributed by atoms with E-state index < -0.39 is 0 Å². The zero-order valence-corrected chi connectivity index (χ0v) is 10.5. The maximum absolute atomic E-state index is 11.5. The van der Waals surface area contributed by atoms with E-state index in [1.54, 1.807) is 7.05 Å². The van der Waals surface area contributed by atoms with E-state index in [0.717, 1.165) is 19.4 Å². The number of likely N-dealkylation sites (N-methyl/N-ethyl adjacent to an activating group) is 1. The van der Waals surface area contributed by atoms with Crippen molar-refractivity contribution in [1.29, 1.82) is 0 Å². The van der Waals surface area contributed by atoms with Gasteiger partial charge in [-0.1, -0.05) is 13.8 Å². The van der Waals surface area contributed by atoms with Crippen LogP contribution in [0, 0.1) is 0 Å². The molecule has 0 unspecified atom stereocenters. The Bertz CT molecular complexity index is 219. The second-order valence-electron chi connectivity index (χ2n) is 3.73. The molecular formula is C11H23N3O2. The van der Waals surface area contributed by atoms with Gasteiger partial charge in [0.2, 0.25) is 11.8 Å². The predicted octanol–water partition coefficient (Wildman–Crippen LogP) is -0.0294. The first kappa shape index (κ1) is 14.9. The summed E-state index contributed by atoms with van der Waals surface area (Å²) in [6.07, 6.45) is 1.85. The Morgan fingerprint density at radius 2 is 1.69 bits per heavy atom. The summed E-state index contributed by atoms with van der Waals surface area (Å²) in [5, 5.41) is 5.36. The summed E-state index contributed by atoms with van der Waals surface area (Å²) in [4.78, 5) is 24.5. The number of carbonyl (C=O) groups excluding carboxylic acids is 2. The van der Waals surface area contributed by atoms with Gasteiger partial charge in [-0.2, -0.15) is 0 Å². The molecule has 5 heteroatoms. The van der Waals surface area contributed by atoms with Gasteiger partial charge >= 0.3 is 0 Å². The number of nitrogens with zero attached hydrogens (tertiary/aromatic N) is 1. The molecule has 5 nitrogen and oxygen atoms in total. The third-order valence-corrected chi connectivity index (χ3v) is 2.13. The summed E-state index contributed by atoms with van der Waals surface area (Å²) >= 11 is 0. The molecule has 0 radical (unpaired) electrons. The average molecular weight is 229 g/mol. The van der Waals surface area contributed by atoms with E-state index >= 15 is 0 Å². The van der Waals surface area contributed by atoms with Gasteiger partial charge in [0, 0.05) is 13.6 Å². The zero-order valence-electron chi connectivity index (χ0n) is 10.5. The van der Waals surface area contributed by atoms with E-state index in [-0.39, 0.29) is 18.4 Å². The summed E-state index contributed by atoms with van der Waals surface area (Å²) in [6, 6.07) is 0. The molecule has 2 N–H and O–H groups in total. The van der Waals surface area contributed by atoms with Gasteiger partial charge in [-0.05, 0) is 19.4 Å². The molecule has 0 aliphatic carbocycles. The van der Waals surface area contributed by atoms with Gasteiger partial charge < -0.3 is 10.6 Å². The molecule has 0 saturated carbocycles. The zero-order chi connectivity index (χ0) is 12.4. The van der Waals surface area contributed by atoms with Crippen LogP contribution in [-0.4, -0.2) is 49.9 Å². The highest BCUT2D eigenvalue weighted by molar-refractivity contribution is 5.80. The van der Waals surface area contributed by atoms with Crippen LogP contribution in [-0.2, 0) is 9.59 Å². The van der Waals surface area contributed by atoms with Crippen LogP contribution in [0.15, 0.2) is 0 Å². The van der Waals surface area contributed by atoms with Crippen LogP contribution in [0.3, 0.4) is 0 Å². The van der Waals surface area contributed by atoms with E-state index in [0.29, 0.717) is 13.1 Å². The van der Waals surface area contributed by atoms with Crippen molar-refractivity contribution < 1.29 is 9.59 Å². The van der Waals surface area contributed by atoms with Gasteiger partial charge in [0.15, 0.2) is 0 Å². The Morgan fingerprint density at radius 1 is 1.06 bits per heavy atom. The number of carbonyl (C=O) groups is 2. The molecule has 0 atom stereocenters. The van der Waals surface area contributed by atoms with E-state index in [2.05, 4.69) is 10.6 Å². The fourth-order valence-electron chi connectivity index (χ4n) is 1.34. The number of hydrogen-bond acceptors (Lipinski definition) is 3. The van der Waals surface area contributed by atoms with Crippen molar-refractivity contribution in [3.8, 4) is 0 Å². The van der Waals surface area contributed by atoms with Crippen LogP contribution < -0.4 is 10.6 Å². The average Bonchev–Trinajstić information content (AvgIpc) is 2.26. The molecule has 0 heterocycles. The summed E-state index contributed by atoms with van der Waals surface area (Å²) in [5.41, 5.74) is 0. The molecule has 0 aliphatic heterocycles. The molecule has 16 heavy (non-hydrogen) atoms. The number of nitrogens with one attached hydrogen (secondary N) is 2. The number of amides is 2. The first-order chi connectivity index (χ1) is 7.63. The number of rotatable bonds is 8. The van der Waals surface area contributed by atoms with Crippen LogP contribution >= 0.6 is 0 Å². The lowest BCUT2D eigenvalue weighted by molar-refractivity contribution is -0.124. The van der Waals surface area contributed by atoms with Crippen LogP contribution in [0.5, 0.6) is 0 Å². The predicted molar refractivity (Wildman–Crippen MR) is 64.1 cm³/mol. The van der Waals surface area contributed by atoms with E-state index in [1.165, 1.54) is 0 Å². The lowest BCUT2D eigenvalue weighted by Gasteiger charge is -2.19. The highest BCUT2D eigenvalue weighted by Crippen LogP contribution is 1.91. The second-order valence-corrected chi connectivity index (χ2v) is 3.73. The minimum atomic E-state index is -0.0586. The molecule has 0 fully saturated rings. The SMILES string of the molecule is CCCNC(=O)CN(CCC)CC(=O)NC. The first-order valence-electron chi connectivity index (χ1n) is 5.83. The van der Waals surface area contributed by atoms with Crippen molar-refractivity contribution in [1.82, 2.24) is 15.5 Å². The minimum Gasteiger partial charge on any atom is -0.358 e. The Hall–Kier alpha value is -1.10. The van der Waals surface area contributed by atoms with Crippen molar-refractivity contribution in [2.75, 3.05) is 33.2 Å². The Balaban J connectivity index is 4.00. The fourth-order valence-corrected chi connectivity index (χ4v) is 1.34. The molecule has 0 rings (SSSR count). The minimum absolute atomic E-state index is 0.0146. The monoisotopic (exact) mass is 229 g/mol. The van der Waals surface area contributed by atoms with E-state index in [1.807, 2.05) is 18.7 Å². The lowest BCUT2D eigenvalue weighted by atomic mass is 10.3. The van der Waals surface area contributed by atoms with Crippen molar-refractivity contribution in [2.45, 2.75) is 26.7 Å². The summed E-state index contributed by atoms with van der Waals surface area (Å²) in [7, 11) is 1.60. The molecule has 0 aromatic rings. The molecule has 0 bridgehead atoms. The molecule has 0 aliphatic rings. The van der Waals surface area contributed by atoms with Crippen molar-refractivity contribution in [3.63, 3.8) is 0 Å². The largest absolute Gasteiger partial charge is 0.358 e. The molecular weight excluding hydrogens is 206 g/mol. The van der Waals surface area contributed by atoms with Crippen molar-refractivity contribution in [2.24, 2.45) is 0 Å². The lowest BCUT2D eigenvalue weighted by Crippen LogP contribution is -2.42. The standard InChI is InChI=1S/C11H23N3O2/c1-4-6-13-11(16)9-14(7-5-2)8-10(15)12-3/h4-9H2,1-3H3,(H,12,15)(H,13,16). The van der Waals surface area contributed by atoms with Gasteiger partial charge in [-0.15, -0.1) is 0 Å². The Labute approximate surface area is 97.6 Å². The molecule has 2 amide bonds. The van der Waals surface area contributed by atoms with Crippen LogP contribution in [0.25, 0.3) is 0 Å². The summed E-state index contributed by atoms with van der Waals surface area (Å²) in [6.45, 7) is 6.06. The van der Waals surface area contributed by atoms with Crippen LogP contribution in [0.1, 0.15) is 26.7 Å². The second kappa shape index (κ2) is 9.15. The fraction of sp³-hybridized carbons (Fsp3) is 0.818.